The van der Waals surface area contributed by atoms with Crippen molar-refractivity contribution in [3.8, 4) is 23.3 Å². The van der Waals surface area contributed by atoms with Crippen molar-refractivity contribution in [3.63, 3.8) is 0 Å². The topological polar surface area (TPSA) is 47.6 Å². The van der Waals surface area contributed by atoms with Gasteiger partial charge in [-0.1, -0.05) is 11.8 Å². The molecule has 2 aromatic rings. The van der Waals surface area contributed by atoms with Crippen LogP contribution in [-0.2, 0) is 0 Å². The van der Waals surface area contributed by atoms with Crippen molar-refractivity contribution < 1.29 is 23.0 Å². The highest BCUT2D eigenvalue weighted by atomic mass is 79.9. The molecule has 1 amide bonds. The third-order valence-electron chi connectivity index (χ3n) is 3.07. The Bertz CT molecular complexity index is 831. The first-order valence-electron chi connectivity index (χ1n) is 7.16. The Morgan fingerprint density at radius 2 is 2.00 bits per heavy atom. The van der Waals surface area contributed by atoms with E-state index in [-0.39, 0.29) is 24.8 Å². The van der Waals surface area contributed by atoms with Crippen molar-refractivity contribution in [2.45, 2.75) is 0 Å². The highest BCUT2D eigenvalue weighted by Gasteiger charge is 2.10. The van der Waals surface area contributed by atoms with Gasteiger partial charge in [0, 0.05) is 10.5 Å². The van der Waals surface area contributed by atoms with Crippen LogP contribution in [0.1, 0.15) is 10.4 Å². The number of nitrogens with one attached hydrogen (secondary N) is 1. The molecule has 0 aromatic heterocycles. The van der Waals surface area contributed by atoms with Gasteiger partial charge in [0.05, 0.1) is 19.2 Å². The molecular formula is C18H14BrF2NO3. The lowest BCUT2D eigenvalue weighted by atomic mass is 10.2. The minimum absolute atomic E-state index is 0.0821. The Labute approximate surface area is 152 Å². The van der Waals surface area contributed by atoms with Crippen LogP contribution < -0.4 is 14.8 Å². The molecule has 0 unspecified atom stereocenters. The number of amides is 1. The summed E-state index contributed by atoms with van der Waals surface area (Å²) in [5.41, 5.74) is 0.422. The molecule has 2 rings (SSSR count). The molecule has 0 saturated carbocycles. The Kier molecular flexibility index (Phi) is 6.78. The summed E-state index contributed by atoms with van der Waals surface area (Å²) in [6, 6.07) is 8.06. The number of methoxy groups -OCH3 is 1. The Hall–Kier alpha value is -2.59. The number of carbonyl (C=O) groups is 1. The van der Waals surface area contributed by atoms with Crippen LogP contribution >= 0.6 is 15.9 Å². The number of rotatable bonds is 5. The summed E-state index contributed by atoms with van der Waals surface area (Å²) in [4.78, 5) is 12.1. The van der Waals surface area contributed by atoms with Crippen molar-refractivity contribution in [1.82, 2.24) is 5.32 Å². The first kappa shape index (κ1) is 18.7. The number of carbonyl (C=O) groups excluding carboxylic acids is 1. The molecule has 0 heterocycles. The molecule has 0 spiro atoms. The maximum atomic E-state index is 13.3. The van der Waals surface area contributed by atoms with Gasteiger partial charge in [-0.15, -0.1) is 0 Å². The van der Waals surface area contributed by atoms with E-state index in [0.29, 0.717) is 15.8 Å². The number of benzene rings is 2. The van der Waals surface area contributed by atoms with E-state index < -0.39 is 11.6 Å². The Morgan fingerprint density at radius 1 is 1.20 bits per heavy atom. The minimum atomic E-state index is -0.794. The van der Waals surface area contributed by atoms with E-state index in [1.165, 1.54) is 13.2 Å². The lowest BCUT2D eigenvalue weighted by Gasteiger charge is -2.06. The average Bonchev–Trinajstić information content (AvgIpc) is 2.59. The molecule has 0 bridgehead atoms. The number of ether oxygens (including phenoxy) is 2. The van der Waals surface area contributed by atoms with Crippen LogP contribution in [0.4, 0.5) is 8.78 Å². The molecular weight excluding hydrogens is 396 g/mol. The highest BCUT2D eigenvalue weighted by molar-refractivity contribution is 9.10. The third-order valence-corrected chi connectivity index (χ3v) is 3.77. The molecule has 0 aliphatic heterocycles. The average molecular weight is 410 g/mol. The van der Waals surface area contributed by atoms with Crippen LogP contribution in [0.5, 0.6) is 11.5 Å². The SMILES string of the molecule is COc1ccc(Br)c(C(=O)NCC#CCOc2ccc(F)cc2F)c1. The molecule has 0 saturated heterocycles. The molecule has 0 fully saturated rings. The zero-order valence-corrected chi connectivity index (χ0v) is 14.8. The van der Waals surface area contributed by atoms with Crippen molar-refractivity contribution in [3.05, 3.63) is 58.1 Å². The van der Waals surface area contributed by atoms with Crippen LogP contribution in [0, 0.1) is 23.5 Å². The summed E-state index contributed by atoms with van der Waals surface area (Å²) in [5, 5.41) is 2.63. The van der Waals surface area contributed by atoms with Crippen molar-refractivity contribution >= 4 is 21.8 Å². The van der Waals surface area contributed by atoms with Crippen molar-refractivity contribution in [2.24, 2.45) is 0 Å². The molecule has 0 radical (unpaired) electrons. The van der Waals surface area contributed by atoms with Gasteiger partial charge in [0.25, 0.3) is 5.91 Å². The Balaban J connectivity index is 1.83. The zero-order valence-electron chi connectivity index (χ0n) is 13.2. The summed E-state index contributed by atoms with van der Waals surface area (Å²) in [7, 11) is 1.51. The van der Waals surface area contributed by atoms with E-state index in [1.807, 2.05) is 0 Å². The number of halogens is 3. The molecule has 130 valence electrons. The van der Waals surface area contributed by atoms with E-state index in [9.17, 15) is 13.6 Å². The van der Waals surface area contributed by atoms with Gasteiger partial charge in [-0.05, 0) is 46.3 Å². The molecule has 2 aromatic carbocycles. The quantitative estimate of drug-likeness (QED) is 0.768. The maximum Gasteiger partial charge on any atom is 0.253 e. The normalized spacial score (nSPS) is 9.76. The van der Waals surface area contributed by atoms with Crippen LogP contribution in [0.15, 0.2) is 40.9 Å². The molecule has 0 aliphatic rings. The lowest BCUT2D eigenvalue weighted by Crippen LogP contribution is -2.24. The molecule has 4 nitrogen and oxygen atoms in total. The first-order valence-corrected chi connectivity index (χ1v) is 7.96. The van der Waals surface area contributed by atoms with Gasteiger partial charge in [-0.3, -0.25) is 4.79 Å². The summed E-state index contributed by atoms with van der Waals surface area (Å²) in [5.74, 6) is 4.02. The minimum Gasteiger partial charge on any atom is -0.497 e. The van der Waals surface area contributed by atoms with Gasteiger partial charge in [-0.2, -0.15) is 0 Å². The van der Waals surface area contributed by atoms with Gasteiger partial charge >= 0.3 is 0 Å². The number of hydrogen-bond donors (Lipinski definition) is 1. The Morgan fingerprint density at radius 3 is 2.72 bits per heavy atom. The standard InChI is InChI=1S/C18H14BrF2NO3/c1-24-13-5-6-15(19)14(11-13)18(23)22-8-2-3-9-25-17-7-4-12(20)10-16(17)21/h4-7,10-11H,8-9H2,1H3,(H,22,23). The summed E-state index contributed by atoms with van der Waals surface area (Å²) in [6.07, 6.45) is 0. The second-order valence-corrected chi connectivity index (χ2v) is 5.60. The third kappa shape index (κ3) is 5.47. The molecule has 1 N–H and O–H groups in total. The predicted octanol–water partition coefficient (Wildman–Crippen LogP) is 3.55. The molecule has 0 atom stereocenters. The molecule has 25 heavy (non-hydrogen) atoms. The van der Waals surface area contributed by atoms with E-state index in [1.54, 1.807) is 18.2 Å². The van der Waals surface area contributed by atoms with Crippen LogP contribution in [0.25, 0.3) is 0 Å². The smallest absolute Gasteiger partial charge is 0.253 e. The summed E-state index contributed by atoms with van der Waals surface area (Å²) in [6.45, 7) is 0.0129. The first-order chi connectivity index (χ1) is 12.0. The number of hydrogen-bond acceptors (Lipinski definition) is 3. The van der Waals surface area contributed by atoms with Crippen LogP contribution in [-0.4, -0.2) is 26.2 Å². The van der Waals surface area contributed by atoms with Gasteiger partial charge in [0.2, 0.25) is 0 Å². The van der Waals surface area contributed by atoms with Gasteiger partial charge < -0.3 is 14.8 Å². The van der Waals surface area contributed by atoms with E-state index >= 15 is 0 Å². The largest absolute Gasteiger partial charge is 0.497 e. The highest BCUT2D eigenvalue weighted by Crippen LogP contribution is 2.22. The summed E-state index contributed by atoms with van der Waals surface area (Å²) >= 11 is 3.30. The lowest BCUT2D eigenvalue weighted by molar-refractivity contribution is 0.0957. The van der Waals surface area contributed by atoms with Gasteiger partial charge in [0.1, 0.15) is 18.2 Å². The fourth-order valence-corrected chi connectivity index (χ4v) is 2.27. The second kappa shape index (κ2) is 9.04. The molecule has 7 heteroatoms. The van der Waals surface area contributed by atoms with E-state index in [2.05, 4.69) is 33.1 Å². The molecule has 0 aliphatic carbocycles. The predicted molar refractivity (Wildman–Crippen MR) is 92.7 cm³/mol. The maximum absolute atomic E-state index is 13.3. The monoisotopic (exact) mass is 409 g/mol. The van der Waals surface area contributed by atoms with Crippen molar-refractivity contribution in [1.29, 1.82) is 0 Å². The zero-order chi connectivity index (χ0) is 18.2. The fraction of sp³-hybridized carbons (Fsp3) is 0.167. The summed E-state index contributed by atoms with van der Waals surface area (Å²) < 4.78 is 36.9. The fourth-order valence-electron chi connectivity index (χ4n) is 1.84. The van der Waals surface area contributed by atoms with E-state index in [0.717, 1.165) is 12.1 Å². The van der Waals surface area contributed by atoms with Crippen LogP contribution in [0.3, 0.4) is 0 Å². The second-order valence-electron chi connectivity index (χ2n) is 4.75. The van der Waals surface area contributed by atoms with Crippen LogP contribution in [0.2, 0.25) is 0 Å². The van der Waals surface area contributed by atoms with Gasteiger partial charge in [-0.25, -0.2) is 8.78 Å². The van der Waals surface area contributed by atoms with Crippen molar-refractivity contribution in [2.75, 3.05) is 20.3 Å². The van der Waals surface area contributed by atoms with Gasteiger partial charge in [0.15, 0.2) is 11.6 Å². The van der Waals surface area contributed by atoms with E-state index in [4.69, 9.17) is 9.47 Å².